The molecule has 27 heavy (non-hydrogen) atoms. The Hall–Kier alpha value is -4.05. The van der Waals surface area contributed by atoms with E-state index in [-0.39, 0.29) is 18.4 Å². The van der Waals surface area contributed by atoms with E-state index in [0.29, 0.717) is 28.4 Å². The van der Waals surface area contributed by atoms with Crippen LogP contribution < -0.4 is 20.1 Å². The molecule has 1 aromatic heterocycles. The van der Waals surface area contributed by atoms with Crippen molar-refractivity contribution in [3.05, 3.63) is 72.1 Å². The number of benzene rings is 2. The standard InChI is InChI=1S/C20H14N4O3/c21-10-13-2-1-3-14(8-13)23-16-4-6-17(22-11-16)20(25)24-15-5-7-18-19(9-15)27-12-26-18/h1-9,11,23H,12H2,(H,24,25). The van der Waals surface area contributed by atoms with Crippen LogP contribution in [0.2, 0.25) is 0 Å². The molecule has 2 N–H and O–H groups in total. The summed E-state index contributed by atoms with van der Waals surface area (Å²) in [5, 5.41) is 14.9. The van der Waals surface area contributed by atoms with Crippen molar-refractivity contribution >= 4 is 23.0 Å². The van der Waals surface area contributed by atoms with Crippen molar-refractivity contribution in [2.45, 2.75) is 0 Å². The fourth-order valence-corrected chi connectivity index (χ4v) is 2.60. The lowest BCUT2D eigenvalue weighted by molar-refractivity contribution is 0.102. The molecule has 7 nitrogen and oxygen atoms in total. The monoisotopic (exact) mass is 358 g/mol. The predicted molar refractivity (Wildman–Crippen MR) is 99.2 cm³/mol. The number of hydrogen-bond donors (Lipinski definition) is 2. The number of ether oxygens (including phenoxy) is 2. The molecule has 2 heterocycles. The first-order valence-corrected chi connectivity index (χ1v) is 8.15. The first-order chi connectivity index (χ1) is 13.2. The molecule has 0 saturated carbocycles. The maximum Gasteiger partial charge on any atom is 0.274 e. The number of aromatic nitrogens is 1. The lowest BCUT2D eigenvalue weighted by Crippen LogP contribution is -2.13. The topological polar surface area (TPSA) is 96.3 Å². The minimum atomic E-state index is -0.327. The lowest BCUT2D eigenvalue weighted by atomic mass is 10.2. The van der Waals surface area contributed by atoms with Gasteiger partial charge in [-0.1, -0.05) is 6.07 Å². The second-order valence-electron chi connectivity index (χ2n) is 5.77. The van der Waals surface area contributed by atoms with Gasteiger partial charge >= 0.3 is 0 Å². The van der Waals surface area contributed by atoms with E-state index in [1.54, 1.807) is 54.7 Å². The van der Waals surface area contributed by atoms with Crippen LogP contribution >= 0.6 is 0 Å². The van der Waals surface area contributed by atoms with Crippen LogP contribution in [0.1, 0.15) is 16.1 Å². The number of nitriles is 1. The molecule has 0 saturated heterocycles. The van der Waals surface area contributed by atoms with Crippen molar-refractivity contribution in [2.75, 3.05) is 17.4 Å². The number of nitrogens with one attached hydrogen (secondary N) is 2. The third kappa shape index (κ3) is 3.65. The number of anilines is 3. The van der Waals surface area contributed by atoms with E-state index < -0.39 is 0 Å². The van der Waals surface area contributed by atoms with E-state index in [1.165, 1.54) is 0 Å². The van der Waals surface area contributed by atoms with Crippen LogP contribution in [0.4, 0.5) is 17.1 Å². The maximum absolute atomic E-state index is 12.4. The second kappa shape index (κ2) is 7.06. The number of amides is 1. The zero-order valence-electron chi connectivity index (χ0n) is 14.1. The van der Waals surface area contributed by atoms with Crippen LogP contribution in [0, 0.1) is 11.3 Å². The highest BCUT2D eigenvalue weighted by Crippen LogP contribution is 2.34. The zero-order chi connectivity index (χ0) is 18.6. The molecule has 1 aliphatic heterocycles. The van der Waals surface area contributed by atoms with Gasteiger partial charge in [0.25, 0.3) is 5.91 Å². The van der Waals surface area contributed by atoms with Gasteiger partial charge in [-0.05, 0) is 42.5 Å². The van der Waals surface area contributed by atoms with E-state index >= 15 is 0 Å². The van der Waals surface area contributed by atoms with Gasteiger partial charge in [-0.3, -0.25) is 4.79 Å². The quantitative estimate of drug-likeness (QED) is 0.738. The highest BCUT2D eigenvalue weighted by atomic mass is 16.7. The van der Waals surface area contributed by atoms with Crippen molar-refractivity contribution < 1.29 is 14.3 Å². The van der Waals surface area contributed by atoms with Crippen molar-refractivity contribution in [3.63, 3.8) is 0 Å². The third-order valence-corrected chi connectivity index (χ3v) is 3.91. The van der Waals surface area contributed by atoms with E-state index in [1.807, 2.05) is 6.07 Å². The first-order valence-electron chi connectivity index (χ1n) is 8.15. The van der Waals surface area contributed by atoms with Gasteiger partial charge < -0.3 is 20.1 Å². The predicted octanol–water partition coefficient (Wildman–Crippen LogP) is 3.68. The minimum absolute atomic E-state index is 0.181. The summed E-state index contributed by atoms with van der Waals surface area (Å²) >= 11 is 0. The summed E-state index contributed by atoms with van der Waals surface area (Å²) in [5.74, 6) is 0.925. The lowest BCUT2D eigenvalue weighted by Gasteiger charge is -2.08. The summed E-state index contributed by atoms with van der Waals surface area (Å²) in [4.78, 5) is 16.6. The number of fused-ring (bicyclic) bond motifs is 1. The van der Waals surface area contributed by atoms with E-state index in [2.05, 4.69) is 21.7 Å². The fourth-order valence-electron chi connectivity index (χ4n) is 2.60. The van der Waals surface area contributed by atoms with Crippen molar-refractivity contribution in [1.29, 1.82) is 5.26 Å². The number of pyridine rings is 1. The number of rotatable bonds is 4. The molecule has 0 unspecified atom stereocenters. The molecule has 0 fully saturated rings. The highest BCUT2D eigenvalue weighted by Gasteiger charge is 2.15. The van der Waals surface area contributed by atoms with Crippen molar-refractivity contribution in [2.24, 2.45) is 0 Å². The summed E-state index contributed by atoms with van der Waals surface area (Å²) in [7, 11) is 0. The summed E-state index contributed by atoms with van der Waals surface area (Å²) in [5.41, 5.74) is 2.93. The number of hydrogen-bond acceptors (Lipinski definition) is 6. The van der Waals surface area contributed by atoms with Crippen LogP contribution in [0.25, 0.3) is 0 Å². The van der Waals surface area contributed by atoms with Crippen LogP contribution in [-0.2, 0) is 0 Å². The molecule has 132 valence electrons. The molecular weight excluding hydrogens is 344 g/mol. The fraction of sp³-hybridized carbons (Fsp3) is 0.0500. The van der Waals surface area contributed by atoms with Crippen LogP contribution in [0.3, 0.4) is 0 Å². The summed E-state index contributed by atoms with van der Waals surface area (Å²) in [6.45, 7) is 0.181. The van der Waals surface area contributed by atoms with Crippen LogP contribution in [-0.4, -0.2) is 17.7 Å². The van der Waals surface area contributed by atoms with Crippen LogP contribution in [0.15, 0.2) is 60.8 Å². The zero-order valence-corrected chi connectivity index (χ0v) is 14.1. The SMILES string of the molecule is N#Cc1cccc(Nc2ccc(C(=O)Nc3ccc4c(c3)OCO4)nc2)c1. The minimum Gasteiger partial charge on any atom is -0.454 e. The Morgan fingerprint density at radius 3 is 2.67 bits per heavy atom. The number of carbonyl (C=O) groups is 1. The van der Waals surface area contributed by atoms with Gasteiger partial charge in [0.05, 0.1) is 23.5 Å². The van der Waals surface area contributed by atoms with Crippen molar-refractivity contribution in [3.8, 4) is 17.6 Å². The largest absolute Gasteiger partial charge is 0.454 e. The van der Waals surface area contributed by atoms with E-state index in [0.717, 1.165) is 5.69 Å². The molecule has 4 rings (SSSR count). The Bertz CT molecular complexity index is 1040. The molecule has 3 aromatic rings. The summed E-state index contributed by atoms with van der Waals surface area (Å²) < 4.78 is 10.5. The van der Waals surface area contributed by atoms with E-state index in [9.17, 15) is 4.79 Å². The molecule has 2 aromatic carbocycles. The van der Waals surface area contributed by atoms with Gasteiger partial charge in [0.1, 0.15) is 5.69 Å². The normalized spacial score (nSPS) is 11.5. The average molecular weight is 358 g/mol. The number of nitrogens with zero attached hydrogens (tertiary/aromatic N) is 2. The molecular formula is C20H14N4O3. The average Bonchev–Trinajstić information content (AvgIpc) is 3.16. The van der Waals surface area contributed by atoms with Gasteiger partial charge in [-0.15, -0.1) is 0 Å². The smallest absolute Gasteiger partial charge is 0.274 e. The molecule has 0 radical (unpaired) electrons. The molecule has 0 atom stereocenters. The summed E-state index contributed by atoms with van der Waals surface area (Å²) in [6, 6.07) is 17.8. The van der Waals surface area contributed by atoms with E-state index in [4.69, 9.17) is 14.7 Å². The van der Waals surface area contributed by atoms with Gasteiger partial charge in [-0.2, -0.15) is 5.26 Å². The Morgan fingerprint density at radius 2 is 1.85 bits per heavy atom. The van der Waals surface area contributed by atoms with Crippen LogP contribution in [0.5, 0.6) is 11.5 Å². The Labute approximate surface area is 155 Å². The molecule has 1 aliphatic rings. The number of carbonyl (C=O) groups excluding carboxylic acids is 1. The van der Waals surface area contributed by atoms with Gasteiger partial charge in [0, 0.05) is 17.4 Å². The molecule has 0 bridgehead atoms. The van der Waals surface area contributed by atoms with Gasteiger partial charge in [0.15, 0.2) is 11.5 Å². The molecule has 1 amide bonds. The third-order valence-electron chi connectivity index (χ3n) is 3.91. The molecule has 7 heteroatoms. The van der Waals surface area contributed by atoms with Gasteiger partial charge in [0.2, 0.25) is 6.79 Å². The highest BCUT2D eigenvalue weighted by molar-refractivity contribution is 6.03. The Balaban J connectivity index is 1.43. The Morgan fingerprint density at radius 1 is 1.00 bits per heavy atom. The Kier molecular flexibility index (Phi) is 4.29. The maximum atomic E-state index is 12.4. The van der Waals surface area contributed by atoms with Crippen molar-refractivity contribution in [1.82, 2.24) is 4.98 Å². The second-order valence-corrected chi connectivity index (χ2v) is 5.77. The molecule has 0 spiro atoms. The first kappa shape index (κ1) is 16.4. The van der Waals surface area contributed by atoms with Gasteiger partial charge in [-0.25, -0.2) is 4.98 Å². The summed E-state index contributed by atoms with van der Waals surface area (Å²) in [6.07, 6.45) is 1.56. The molecule has 0 aliphatic carbocycles.